The van der Waals surface area contributed by atoms with Crippen LogP contribution in [-0.2, 0) is 20.7 Å². The molecule has 0 spiro atoms. The first-order valence-corrected chi connectivity index (χ1v) is 11.9. The van der Waals surface area contributed by atoms with Crippen LogP contribution in [0.25, 0.3) is 17.4 Å². The minimum Gasteiger partial charge on any atom is -0.462 e. The second-order valence-electron chi connectivity index (χ2n) is 7.42. The van der Waals surface area contributed by atoms with Crippen LogP contribution < -0.4 is 0 Å². The first kappa shape index (κ1) is 26.1. The average Bonchev–Trinajstić information content (AvgIpc) is 3.46. The van der Waals surface area contributed by atoms with E-state index in [-0.39, 0.29) is 41.4 Å². The summed E-state index contributed by atoms with van der Waals surface area (Å²) in [5.74, 6) is -1.14. The van der Waals surface area contributed by atoms with E-state index in [1.54, 1.807) is 57.2 Å². The number of ether oxygens (including phenoxy) is 2. The largest absolute Gasteiger partial charge is 0.462 e. The Morgan fingerprint density at radius 2 is 1.72 bits per heavy atom. The van der Waals surface area contributed by atoms with Gasteiger partial charge in [-0.3, -0.25) is 4.79 Å². The molecule has 0 bridgehead atoms. The molecule has 0 N–H and O–H groups in total. The van der Waals surface area contributed by atoms with Crippen molar-refractivity contribution in [2.45, 2.75) is 27.2 Å². The lowest BCUT2D eigenvalue weighted by molar-refractivity contribution is -0.114. The van der Waals surface area contributed by atoms with Gasteiger partial charge in [-0.15, -0.1) is 11.3 Å². The van der Waals surface area contributed by atoms with Gasteiger partial charge in [0.25, 0.3) is 0 Å². The van der Waals surface area contributed by atoms with Gasteiger partial charge in [0.15, 0.2) is 5.78 Å². The number of esters is 2. The summed E-state index contributed by atoms with van der Waals surface area (Å²) in [4.78, 5) is 38.5. The number of Topliss-reactive ketones (excluding diaryl/α,β-unsaturated/α-hetero) is 1. The summed E-state index contributed by atoms with van der Waals surface area (Å²) < 4.78 is 15.9. The lowest BCUT2D eigenvalue weighted by Crippen LogP contribution is -2.12. The molecule has 0 saturated carbocycles. The van der Waals surface area contributed by atoms with Gasteiger partial charge in [-0.25, -0.2) is 9.59 Å². The van der Waals surface area contributed by atoms with Gasteiger partial charge in [0, 0.05) is 22.9 Å². The molecule has 2 heterocycles. The molecule has 0 aliphatic heterocycles. The van der Waals surface area contributed by atoms with Crippen molar-refractivity contribution in [3.8, 4) is 23.5 Å². The van der Waals surface area contributed by atoms with Gasteiger partial charge in [-0.05, 0) is 50.6 Å². The summed E-state index contributed by atoms with van der Waals surface area (Å²) in [6, 6.07) is 14.1. The normalized spacial score (nSPS) is 10.9. The lowest BCUT2D eigenvalue weighted by atomic mass is 10.0. The van der Waals surface area contributed by atoms with Crippen LogP contribution in [0.1, 0.15) is 55.6 Å². The van der Waals surface area contributed by atoms with Crippen molar-refractivity contribution < 1.29 is 28.3 Å². The van der Waals surface area contributed by atoms with Crippen molar-refractivity contribution in [1.82, 2.24) is 0 Å². The lowest BCUT2D eigenvalue weighted by Gasteiger charge is -2.05. The van der Waals surface area contributed by atoms with Gasteiger partial charge in [0.05, 0.1) is 36.0 Å². The van der Waals surface area contributed by atoms with E-state index in [0.717, 1.165) is 11.3 Å². The fourth-order valence-corrected chi connectivity index (χ4v) is 4.67. The highest BCUT2D eigenvalue weighted by Crippen LogP contribution is 2.31. The van der Waals surface area contributed by atoms with Crippen molar-refractivity contribution in [3.63, 3.8) is 0 Å². The summed E-state index contributed by atoms with van der Waals surface area (Å²) in [7, 11) is 0. The first-order chi connectivity index (χ1) is 17.3. The molecule has 2 aromatic heterocycles. The number of carbonyl (C=O) groups excluding carboxylic acids is 3. The highest BCUT2D eigenvalue weighted by molar-refractivity contribution is 7.14. The van der Waals surface area contributed by atoms with Crippen LogP contribution in [0.15, 0.2) is 46.4 Å². The second-order valence-corrected chi connectivity index (χ2v) is 8.53. The molecule has 36 heavy (non-hydrogen) atoms. The minimum absolute atomic E-state index is 0.120. The average molecular weight is 503 g/mol. The number of thiophene rings is 1. The van der Waals surface area contributed by atoms with Gasteiger partial charge in [0.1, 0.15) is 22.5 Å². The molecule has 0 saturated heterocycles. The smallest absolute Gasteiger partial charge is 0.348 e. The topological polar surface area (TPSA) is 130 Å². The summed E-state index contributed by atoms with van der Waals surface area (Å²) in [6.45, 7) is 5.19. The van der Waals surface area contributed by atoms with Crippen molar-refractivity contribution in [2.24, 2.45) is 0 Å². The number of hydrogen-bond acceptors (Lipinski definition) is 9. The second kappa shape index (κ2) is 11.8. The molecule has 3 aromatic rings. The van der Waals surface area contributed by atoms with Crippen molar-refractivity contribution in [3.05, 3.63) is 74.2 Å². The highest BCUT2D eigenvalue weighted by Gasteiger charge is 2.28. The van der Waals surface area contributed by atoms with Gasteiger partial charge in [-0.1, -0.05) is 12.1 Å². The quantitative estimate of drug-likeness (QED) is 0.220. The number of ketones is 1. The molecule has 0 fully saturated rings. The molecule has 0 radical (unpaired) electrons. The summed E-state index contributed by atoms with van der Waals surface area (Å²) in [5, 5.41) is 18.9. The Kier molecular flexibility index (Phi) is 8.56. The van der Waals surface area contributed by atoms with Crippen molar-refractivity contribution in [1.29, 1.82) is 10.5 Å². The first-order valence-electron chi connectivity index (χ1n) is 11.0. The molecule has 3 rings (SSSR count). The Morgan fingerprint density at radius 1 is 1.03 bits per heavy atom. The van der Waals surface area contributed by atoms with E-state index in [1.807, 2.05) is 6.07 Å². The number of allylic oxidation sites excluding steroid dienone is 1. The molecule has 0 unspecified atom stereocenters. The fraction of sp³-hybridized carbons (Fsp3) is 0.222. The number of carbonyl (C=O) groups is 3. The molecule has 1 aromatic carbocycles. The Hall–Kier alpha value is -4.47. The number of rotatable bonds is 9. The molecule has 9 heteroatoms. The SMILES string of the molecule is CCOC(=O)c1sc(CC(=O)/C(C#N)=C/c2ccc(-c3ccccc3C#N)o2)c(C(=O)OCC)c1C. The van der Waals surface area contributed by atoms with E-state index in [0.29, 0.717) is 27.3 Å². The zero-order valence-corrected chi connectivity index (χ0v) is 20.7. The predicted molar refractivity (Wildman–Crippen MR) is 132 cm³/mol. The van der Waals surface area contributed by atoms with E-state index >= 15 is 0 Å². The van der Waals surface area contributed by atoms with Crippen LogP contribution in [0.3, 0.4) is 0 Å². The highest BCUT2D eigenvalue weighted by atomic mass is 32.1. The maximum Gasteiger partial charge on any atom is 0.348 e. The van der Waals surface area contributed by atoms with Gasteiger partial charge < -0.3 is 13.9 Å². The number of nitriles is 2. The summed E-state index contributed by atoms with van der Waals surface area (Å²) in [6.07, 6.45) is 1.01. The van der Waals surface area contributed by atoms with Crippen LogP contribution in [0.2, 0.25) is 0 Å². The van der Waals surface area contributed by atoms with Gasteiger partial charge in [-0.2, -0.15) is 10.5 Å². The molecule has 8 nitrogen and oxygen atoms in total. The fourth-order valence-electron chi connectivity index (χ4n) is 3.49. The maximum atomic E-state index is 13.0. The minimum atomic E-state index is -0.654. The van der Waals surface area contributed by atoms with Crippen LogP contribution in [-0.4, -0.2) is 30.9 Å². The molecule has 0 atom stereocenters. The third-order valence-corrected chi connectivity index (χ3v) is 6.40. The maximum absolute atomic E-state index is 13.0. The van der Waals surface area contributed by atoms with Crippen LogP contribution in [0.5, 0.6) is 0 Å². The van der Waals surface area contributed by atoms with E-state index in [9.17, 15) is 24.9 Å². The molecular weight excluding hydrogens is 480 g/mol. The Morgan fingerprint density at radius 3 is 2.39 bits per heavy atom. The monoisotopic (exact) mass is 502 g/mol. The van der Waals surface area contributed by atoms with E-state index in [4.69, 9.17) is 13.9 Å². The van der Waals surface area contributed by atoms with Crippen LogP contribution >= 0.6 is 11.3 Å². The summed E-state index contributed by atoms with van der Waals surface area (Å²) >= 11 is 0.969. The molecular formula is C27H22N2O6S. The van der Waals surface area contributed by atoms with E-state index < -0.39 is 17.7 Å². The zero-order valence-electron chi connectivity index (χ0n) is 19.9. The van der Waals surface area contributed by atoms with Crippen molar-refractivity contribution in [2.75, 3.05) is 13.2 Å². The van der Waals surface area contributed by atoms with E-state index in [1.165, 1.54) is 6.08 Å². The molecule has 0 amide bonds. The Labute approximate surface area is 212 Å². The Balaban J connectivity index is 1.93. The van der Waals surface area contributed by atoms with E-state index in [2.05, 4.69) is 6.07 Å². The third kappa shape index (κ3) is 5.60. The van der Waals surface area contributed by atoms with Gasteiger partial charge >= 0.3 is 11.9 Å². The number of nitrogens with zero attached hydrogens (tertiary/aromatic N) is 2. The zero-order chi connectivity index (χ0) is 26.2. The number of furan rings is 1. The molecule has 0 aliphatic carbocycles. The van der Waals surface area contributed by atoms with Crippen LogP contribution in [0.4, 0.5) is 0 Å². The number of hydrogen-bond donors (Lipinski definition) is 0. The van der Waals surface area contributed by atoms with Crippen LogP contribution in [0, 0.1) is 29.6 Å². The van der Waals surface area contributed by atoms with Gasteiger partial charge in [0.2, 0.25) is 0 Å². The molecule has 182 valence electrons. The summed E-state index contributed by atoms with van der Waals surface area (Å²) in [5.41, 5.74) is 1.32. The number of benzene rings is 1. The molecule has 0 aliphatic rings. The standard InChI is InChI=1S/C27H22N2O6S/c1-4-33-26(31)24-16(3)25(27(32)34-5-2)36-23(24)13-21(30)18(15-29)12-19-10-11-22(35-19)20-9-7-6-8-17(20)14-28/h6-12H,4-5,13H2,1-3H3/b18-12+. The Bertz CT molecular complexity index is 1430. The third-order valence-electron chi connectivity index (χ3n) is 5.13. The van der Waals surface area contributed by atoms with Crippen molar-refractivity contribution >= 4 is 35.1 Å². The predicted octanol–water partition coefficient (Wildman–Crippen LogP) is 5.26.